The minimum Gasteiger partial charge on any atom is -0.506 e. The largest absolute Gasteiger partial charge is 0.506 e. The van der Waals surface area contributed by atoms with E-state index < -0.39 is 16.6 Å². The van der Waals surface area contributed by atoms with Gasteiger partial charge in [0.25, 0.3) is 11.6 Å². The van der Waals surface area contributed by atoms with Gasteiger partial charge in [-0.15, -0.1) is 0 Å². The number of allylic oxidation sites excluding steroid dienone is 2. The Morgan fingerprint density at radius 3 is 2.66 bits per heavy atom. The highest BCUT2D eigenvalue weighted by Crippen LogP contribution is 2.32. The molecule has 32 heavy (non-hydrogen) atoms. The Kier molecular flexibility index (Phi) is 7.39. The number of nitro benzene ring substituents is 1. The lowest BCUT2D eigenvalue weighted by Gasteiger charge is -2.14. The Labute approximate surface area is 193 Å². The summed E-state index contributed by atoms with van der Waals surface area (Å²) in [6.45, 7) is 1.96. The molecule has 0 unspecified atom stereocenters. The van der Waals surface area contributed by atoms with Crippen LogP contribution in [-0.4, -0.2) is 37.6 Å². The van der Waals surface area contributed by atoms with E-state index in [2.05, 4.69) is 5.32 Å². The van der Waals surface area contributed by atoms with Crippen LogP contribution in [0.25, 0.3) is 6.08 Å². The number of phenolic OH excluding ortho intramolecular Hbond substituents is 1. The van der Waals surface area contributed by atoms with E-state index in [1.165, 1.54) is 28.8 Å². The molecule has 8 nitrogen and oxygen atoms in total. The lowest BCUT2D eigenvalue weighted by Crippen LogP contribution is -2.31. The number of nitrogens with zero attached hydrogens (tertiary/aromatic N) is 2. The second-order valence-corrected chi connectivity index (χ2v) is 8.56. The summed E-state index contributed by atoms with van der Waals surface area (Å²) in [6.07, 6.45) is 3.66. The van der Waals surface area contributed by atoms with Crippen molar-refractivity contribution in [3.05, 3.63) is 80.8 Å². The van der Waals surface area contributed by atoms with Gasteiger partial charge < -0.3 is 10.4 Å². The Morgan fingerprint density at radius 1 is 1.28 bits per heavy atom. The normalized spacial score (nSPS) is 15.3. The van der Waals surface area contributed by atoms with Crippen LogP contribution in [0.3, 0.4) is 0 Å². The third kappa shape index (κ3) is 5.80. The van der Waals surface area contributed by atoms with Gasteiger partial charge in [-0.2, -0.15) is 0 Å². The summed E-state index contributed by atoms with van der Waals surface area (Å²) in [4.78, 5) is 36.9. The van der Waals surface area contributed by atoms with Crippen molar-refractivity contribution >= 4 is 57.6 Å². The molecule has 2 aromatic carbocycles. The summed E-state index contributed by atoms with van der Waals surface area (Å²) in [5.74, 6) is -1.15. The first kappa shape index (κ1) is 23.2. The van der Waals surface area contributed by atoms with Crippen LogP contribution in [0.5, 0.6) is 5.75 Å². The summed E-state index contributed by atoms with van der Waals surface area (Å²) >= 11 is 6.47. The topological polar surface area (TPSA) is 113 Å². The van der Waals surface area contributed by atoms with E-state index in [-0.39, 0.29) is 30.2 Å². The number of nitro groups is 1. The molecule has 164 valence electrons. The number of thioether (sulfide) groups is 1. The first-order valence-electron chi connectivity index (χ1n) is 9.50. The van der Waals surface area contributed by atoms with Crippen LogP contribution < -0.4 is 5.32 Å². The van der Waals surface area contributed by atoms with Crippen molar-refractivity contribution in [1.82, 2.24) is 4.90 Å². The molecule has 1 fully saturated rings. The smallest absolute Gasteiger partial charge is 0.273 e. The summed E-state index contributed by atoms with van der Waals surface area (Å²) < 4.78 is 0.361. The number of rotatable bonds is 7. The monoisotopic (exact) mass is 469 g/mol. The molecule has 2 amide bonds. The van der Waals surface area contributed by atoms with Gasteiger partial charge in [0, 0.05) is 19.0 Å². The van der Waals surface area contributed by atoms with Gasteiger partial charge in [-0.25, -0.2) is 0 Å². The number of thiocarbonyl (C=S) groups is 1. The fourth-order valence-corrected chi connectivity index (χ4v) is 4.28. The number of anilines is 1. The molecule has 0 bridgehead atoms. The minimum absolute atomic E-state index is 0.0487. The number of hydrogen-bond donors (Lipinski definition) is 2. The number of carbonyl (C=O) groups is 2. The summed E-state index contributed by atoms with van der Waals surface area (Å²) in [6, 6.07) is 13.1. The predicted octanol–water partition coefficient (Wildman–Crippen LogP) is 4.48. The second-order valence-electron chi connectivity index (χ2n) is 6.89. The Morgan fingerprint density at radius 2 is 2.00 bits per heavy atom. The van der Waals surface area contributed by atoms with Gasteiger partial charge in [-0.3, -0.25) is 24.6 Å². The molecule has 2 aromatic rings. The van der Waals surface area contributed by atoms with Crippen molar-refractivity contribution in [2.45, 2.75) is 13.3 Å². The van der Waals surface area contributed by atoms with Crippen LogP contribution in [0.1, 0.15) is 18.9 Å². The molecule has 0 radical (unpaired) electrons. The zero-order valence-corrected chi connectivity index (χ0v) is 18.6. The lowest BCUT2D eigenvalue weighted by atomic mass is 10.1. The second kappa shape index (κ2) is 10.2. The van der Waals surface area contributed by atoms with E-state index in [4.69, 9.17) is 12.2 Å². The third-order valence-corrected chi connectivity index (χ3v) is 5.83. The number of non-ortho nitro benzene ring substituents is 1. The Hall–Kier alpha value is -3.50. The third-order valence-electron chi connectivity index (χ3n) is 4.45. The summed E-state index contributed by atoms with van der Waals surface area (Å²) in [5.41, 5.74) is 1.67. The average molecular weight is 470 g/mol. The van der Waals surface area contributed by atoms with Crippen molar-refractivity contribution in [2.75, 3.05) is 11.9 Å². The van der Waals surface area contributed by atoms with Crippen molar-refractivity contribution in [1.29, 1.82) is 0 Å². The van der Waals surface area contributed by atoms with E-state index in [0.717, 1.165) is 17.2 Å². The SMILES string of the molecule is CC(/C=C1\SC(=S)N(CCC(=O)Nc2ccc([N+](=O)[O-])cc2O)C1=O)=C\c1ccccc1. The maximum atomic E-state index is 12.7. The zero-order chi connectivity index (χ0) is 23.3. The number of carbonyl (C=O) groups excluding carboxylic acids is 2. The molecule has 1 heterocycles. The molecular weight excluding hydrogens is 450 g/mol. The van der Waals surface area contributed by atoms with E-state index >= 15 is 0 Å². The molecule has 1 saturated heterocycles. The fraction of sp³-hybridized carbons (Fsp3) is 0.136. The number of hydrogen-bond acceptors (Lipinski definition) is 7. The number of nitrogens with one attached hydrogen (secondary N) is 1. The van der Waals surface area contributed by atoms with E-state index in [1.54, 1.807) is 6.08 Å². The van der Waals surface area contributed by atoms with Gasteiger partial charge in [0.1, 0.15) is 10.1 Å². The van der Waals surface area contributed by atoms with Crippen LogP contribution in [0.4, 0.5) is 11.4 Å². The van der Waals surface area contributed by atoms with Crippen LogP contribution >= 0.6 is 24.0 Å². The molecule has 0 saturated carbocycles. The standard InChI is InChI=1S/C22H19N3O5S2/c1-14(11-15-5-3-2-4-6-15)12-19-21(28)24(22(31)32-19)10-9-20(27)23-17-8-7-16(25(29)30)13-18(17)26/h2-8,11-13,26H,9-10H2,1H3,(H,23,27)/b14-11+,19-12-. The number of phenols is 1. The number of benzene rings is 2. The molecule has 0 atom stereocenters. The van der Waals surface area contributed by atoms with Gasteiger partial charge >= 0.3 is 0 Å². The van der Waals surface area contributed by atoms with Crippen LogP contribution in [-0.2, 0) is 9.59 Å². The average Bonchev–Trinajstić information content (AvgIpc) is 3.01. The molecule has 1 aliphatic rings. The van der Waals surface area contributed by atoms with E-state index in [9.17, 15) is 24.8 Å². The molecule has 0 aromatic heterocycles. The minimum atomic E-state index is -0.648. The Bertz CT molecular complexity index is 1150. The highest BCUT2D eigenvalue weighted by atomic mass is 32.2. The zero-order valence-electron chi connectivity index (χ0n) is 17.0. The molecule has 1 aliphatic heterocycles. The summed E-state index contributed by atoms with van der Waals surface area (Å²) in [7, 11) is 0. The van der Waals surface area contributed by atoms with Crippen LogP contribution in [0.2, 0.25) is 0 Å². The van der Waals surface area contributed by atoms with Gasteiger partial charge in [-0.05, 0) is 30.2 Å². The van der Waals surface area contributed by atoms with E-state index in [1.807, 2.05) is 43.3 Å². The highest BCUT2D eigenvalue weighted by molar-refractivity contribution is 8.26. The van der Waals surface area contributed by atoms with Gasteiger partial charge in [0.05, 0.1) is 21.6 Å². The quantitative estimate of drug-likeness (QED) is 0.202. The van der Waals surface area contributed by atoms with Crippen molar-refractivity contribution in [3.63, 3.8) is 0 Å². The van der Waals surface area contributed by atoms with Crippen LogP contribution in [0, 0.1) is 10.1 Å². The van der Waals surface area contributed by atoms with Crippen molar-refractivity contribution in [3.8, 4) is 5.75 Å². The number of aromatic hydroxyl groups is 1. The maximum absolute atomic E-state index is 12.7. The van der Waals surface area contributed by atoms with Crippen molar-refractivity contribution in [2.24, 2.45) is 0 Å². The summed E-state index contributed by atoms with van der Waals surface area (Å²) in [5, 5.41) is 23.1. The molecule has 3 rings (SSSR count). The molecule has 0 aliphatic carbocycles. The predicted molar refractivity (Wildman–Crippen MR) is 128 cm³/mol. The first-order chi connectivity index (χ1) is 15.2. The molecule has 0 spiro atoms. The molecule has 10 heteroatoms. The van der Waals surface area contributed by atoms with Gasteiger partial charge in [-0.1, -0.05) is 60.4 Å². The highest BCUT2D eigenvalue weighted by Gasteiger charge is 2.32. The van der Waals surface area contributed by atoms with Gasteiger partial charge in [0.2, 0.25) is 5.91 Å². The maximum Gasteiger partial charge on any atom is 0.273 e. The fourth-order valence-electron chi connectivity index (χ4n) is 2.92. The number of amides is 2. The lowest BCUT2D eigenvalue weighted by molar-refractivity contribution is -0.384. The van der Waals surface area contributed by atoms with Gasteiger partial charge in [0.15, 0.2) is 0 Å². The van der Waals surface area contributed by atoms with E-state index in [0.29, 0.717) is 9.23 Å². The molecule has 2 N–H and O–H groups in total. The molecular formula is C22H19N3O5S2. The Balaban J connectivity index is 1.60. The van der Waals surface area contributed by atoms with Crippen LogP contribution in [0.15, 0.2) is 65.1 Å². The van der Waals surface area contributed by atoms with Crippen molar-refractivity contribution < 1.29 is 19.6 Å². The first-order valence-corrected chi connectivity index (χ1v) is 10.7.